The molecule has 1 aliphatic heterocycles. The van der Waals surface area contributed by atoms with E-state index in [1.807, 2.05) is 6.20 Å². The van der Waals surface area contributed by atoms with Crippen molar-refractivity contribution in [1.82, 2.24) is 15.1 Å². The lowest BCUT2D eigenvalue weighted by Gasteiger charge is -2.23. The van der Waals surface area contributed by atoms with E-state index < -0.39 is 0 Å². The maximum Gasteiger partial charge on any atom is 0.268 e. The Kier molecular flexibility index (Phi) is 5.79. The zero-order valence-corrected chi connectivity index (χ0v) is 13.5. The van der Waals surface area contributed by atoms with Gasteiger partial charge in [0.05, 0.1) is 18.4 Å². The first kappa shape index (κ1) is 16.0. The lowest BCUT2D eigenvalue weighted by Crippen LogP contribution is -2.41. The Labute approximate surface area is 127 Å². The molecule has 2 heterocycles. The van der Waals surface area contributed by atoms with Crippen molar-refractivity contribution in [2.24, 2.45) is 5.92 Å². The highest BCUT2D eigenvalue weighted by Crippen LogP contribution is 2.16. The number of anilines is 1. The molecule has 1 N–H and O–H groups in total. The van der Waals surface area contributed by atoms with Crippen LogP contribution in [0.2, 0.25) is 0 Å². The molecule has 1 fully saturated rings. The van der Waals surface area contributed by atoms with E-state index in [1.54, 1.807) is 10.7 Å². The topological polar surface area (TPSA) is 50.2 Å². The SMILES string of the molecule is CCCNC(Cn1ncc(N2CCCC2)cc1=O)C(C)C. The fourth-order valence-electron chi connectivity index (χ4n) is 2.74. The minimum absolute atomic E-state index is 0.00310. The average Bonchev–Trinajstić information content (AvgIpc) is 2.98. The Morgan fingerprint density at radius 1 is 1.33 bits per heavy atom. The van der Waals surface area contributed by atoms with Crippen LogP contribution >= 0.6 is 0 Å². The van der Waals surface area contributed by atoms with E-state index in [0.717, 1.165) is 31.7 Å². The second-order valence-electron chi connectivity index (χ2n) is 6.23. The standard InChI is InChI=1S/C16H28N4O/c1-4-7-17-15(13(2)3)12-20-16(21)10-14(11-18-20)19-8-5-6-9-19/h10-11,13,15,17H,4-9,12H2,1-3H3. The number of hydrogen-bond donors (Lipinski definition) is 1. The maximum absolute atomic E-state index is 12.3. The van der Waals surface area contributed by atoms with Crippen LogP contribution in [0.5, 0.6) is 0 Å². The summed E-state index contributed by atoms with van der Waals surface area (Å²) in [5.74, 6) is 0.475. The second kappa shape index (κ2) is 7.59. The van der Waals surface area contributed by atoms with Gasteiger partial charge in [0.2, 0.25) is 0 Å². The molecule has 21 heavy (non-hydrogen) atoms. The molecule has 5 heteroatoms. The Morgan fingerprint density at radius 3 is 2.62 bits per heavy atom. The van der Waals surface area contributed by atoms with Gasteiger partial charge >= 0.3 is 0 Å². The third-order valence-electron chi connectivity index (χ3n) is 4.16. The zero-order valence-electron chi connectivity index (χ0n) is 13.5. The smallest absolute Gasteiger partial charge is 0.268 e. The van der Waals surface area contributed by atoms with Crippen molar-refractivity contribution in [2.75, 3.05) is 24.5 Å². The summed E-state index contributed by atoms with van der Waals surface area (Å²) in [5, 5.41) is 7.88. The summed E-state index contributed by atoms with van der Waals surface area (Å²) in [4.78, 5) is 14.5. The molecule has 0 aromatic carbocycles. The highest BCUT2D eigenvalue weighted by Gasteiger charge is 2.16. The van der Waals surface area contributed by atoms with E-state index in [1.165, 1.54) is 12.8 Å². The number of rotatable bonds is 7. The molecule has 1 aromatic rings. The summed E-state index contributed by atoms with van der Waals surface area (Å²) in [7, 11) is 0. The van der Waals surface area contributed by atoms with E-state index in [0.29, 0.717) is 12.5 Å². The van der Waals surface area contributed by atoms with Crippen LogP contribution in [0.25, 0.3) is 0 Å². The van der Waals surface area contributed by atoms with Crippen molar-refractivity contribution in [3.63, 3.8) is 0 Å². The molecular formula is C16H28N4O. The van der Waals surface area contributed by atoms with Gasteiger partial charge in [-0.15, -0.1) is 0 Å². The van der Waals surface area contributed by atoms with E-state index in [2.05, 4.69) is 36.1 Å². The third kappa shape index (κ3) is 4.30. The quantitative estimate of drug-likeness (QED) is 0.833. The minimum atomic E-state index is 0.00310. The highest BCUT2D eigenvalue weighted by molar-refractivity contribution is 5.43. The minimum Gasteiger partial charge on any atom is -0.370 e. The second-order valence-corrected chi connectivity index (χ2v) is 6.23. The number of nitrogens with zero attached hydrogens (tertiary/aromatic N) is 3. The van der Waals surface area contributed by atoms with Crippen molar-refractivity contribution in [2.45, 2.75) is 52.6 Å². The molecule has 0 spiro atoms. The predicted octanol–water partition coefficient (Wildman–Crippen LogP) is 1.87. The molecule has 1 saturated heterocycles. The lowest BCUT2D eigenvalue weighted by molar-refractivity contribution is 0.337. The molecule has 0 radical (unpaired) electrons. The van der Waals surface area contributed by atoms with Crippen LogP contribution in [0.4, 0.5) is 5.69 Å². The Bertz CT molecular complexity index is 491. The van der Waals surface area contributed by atoms with Gasteiger partial charge in [-0.1, -0.05) is 20.8 Å². The average molecular weight is 292 g/mol. The molecule has 0 aliphatic carbocycles. The van der Waals surface area contributed by atoms with Gasteiger partial charge in [-0.3, -0.25) is 4.79 Å². The number of aromatic nitrogens is 2. The van der Waals surface area contributed by atoms with Crippen molar-refractivity contribution < 1.29 is 0 Å². The highest BCUT2D eigenvalue weighted by atomic mass is 16.1. The molecule has 118 valence electrons. The first-order valence-corrected chi connectivity index (χ1v) is 8.17. The van der Waals surface area contributed by atoms with Crippen LogP contribution in [0.3, 0.4) is 0 Å². The zero-order chi connectivity index (χ0) is 15.2. The first-order valence-electron chi connectivity index (χ1n) is 8.17. The van der Waals surface area contributed by atoms with Gasteiger partial charge in [0.25, 0.3) is 5.56 Å². The summed E-state index contributed by atoms with van der Waals surface area (Å²) in [6.07, 6.45) is 5.35. The summed E-state index contributed by atoms with van der Waals surface area (Å²) in [5.41, 5.74) is 0.972. The molecule has 5 nitrogen and oxygen atoms in total. The molecule has 1 unspecified atom stereocenters. The monoisotopic (exact) mass is 292 g/mol. The molecular weight excluding hydrogens is 264 g/mol. The molecule has 1 aromatic heterocycles. The molecule has 1 aliphatic rings. The summed E-state index contributed by atoms with van der Waals surface area (Å²) >= 11 is 0. The van der Waals surface area contributed by atoms with Crippen LogP contribution in [0.15, 0.2) is 17.1 Å². The Balaban J connectivity index is 2.07. The number of hydrogen-bond acceptors (Lipinski definition) is 4. The van der Waals surface area contributed by atoms with Crippen LogP contribution in [0.1, 0.15) is 40.0 Å². The van der Waals surface area contributed by atoms with Gasteiger partial charge in [-0.2, -0.15) is 5.10 Å². The van der Waals surface area contributed by atoms with Crippen molar-refractivity contribution in [3.05, 3.63) is 22.6 Å². The van der Waals surface area contributed by atoms with Crippen molar-refractivity contribution in [3.8, 4) is 0 Å². The van der Waals surface area contributed by atoms with Crippen LogP contribution in [0, 0.1) is 5.92 Å². The summed E-state index contributed by atoms with van der Waals surface area (Å²) in [6.45, 7) is 10.2. The largest absolute Gasteiger partial charge is 0.370 e. The molecule has 0 amide bonds. The molecule has 0 bridgehead atoms. The van der Waals surface area contributed by atoms with E-state index in [9.17, 15) is 4.79 Å². The fraction of sp³-hybridized carbons (Fsp3) is 0.750. The van der Waals surface area contributed by atoms with Gasteiger partial charge in [0.1, 0.15) is 0 Å². The van der Waals surface area contributed by atoms with Crippen molar-refractivity contribution >= 4 is 5.69 Å². The van der Waals surface area contributed by atoms with E-state index in [-0.39, 0.29) is 11.6 Å². The summed E-state index contributed by atoms with van der Waals surface area (Å²) in [6, 6.07) is 2.02. The molecule has 0 saturated carbocycles. The third-order valence-corrected chi connectivity index (χ3v) is 4.16. The maximum atomic E-state index is 12.3. The van der Waals surface area contributed by atoms with Gasteiger partial charge in [0, 0.05) is 25.2 Å². The van der Waals surface area contributed by atoms with Gasteiger partial charge in [-0.05, 0) is 31.7 Å². The first-order chi connectivity index (χ1) is 10.1. The molecule has 1 atom stereocenters. The van der Waals surface area contributed by atoms with Gasteiger partial charge in [-0.25, -0.2) is 4.68 Å². The summed E-state index contributed by atoms with van der Waals surface area (Å²) < 4.78 is 1.59. The van der Waals surface area contributed by atoms with Gasteiger partial charge < -0.3 is 10.2 Å². The lowest BCUT2D eigenvalue weighted by atomic mass is 10.0. The van der Waals surface area contributed by atoms with E-state index >= 15 is 0 Å². The van der Waals surface area contributed by atoms with Gasteiger partial charge in [0.15, 0.2) is 0 Å². The van der Waals surface area contributed by atoms with Crippen molar-refractivity contribution in [1.29, 1.82) is 0 Å². The van der Waals surface area contributed by atoms with E-state index in [4.69, 9.17) is 0 Å². The van der Waals surface area contributed by atoms with Crippen LogP contribution < -0.4 is 15.8 Å². The Morgan fingerprint density at radius 2 is 2.05 bits per heavy atom. The molecule has 2 rings (SSSR count). The number of nitrogens with one attached hydrogen (secondary N) is 1. The predicted molar refractivity (Wildman–Crippen MR) is 86.9 cm³/mol. The van der Waals surface area contributed by atoms with Crippen LogP contribution in [-0.4, -0.2) is 35.5 Å². The normalized spacial score (nSPS) is 16.7. The van der Waals surface area contributed by atoms with Crippen LogP contribution in [-0.2, 0) is 6.54 Å². The Hall–Kier alpha value is -1.36. The fourth-order valence-corrected chi connectivity index (χ4v) is 2.74.